The lowest BCUT2D eigenvalue weighted by atomic mass is 10.1. The molecule has 1 aliphatic carbocycles. The minimum absolute atomic E-state index is 0.00623. The largest absolute Gasteiger partial charge is 0.417 e. The number of nitrogens with zero attached hydrogens (tertiary/aromatic N) is 5. The van der Waals surface area contributed by atoms with Crippen LogP contribution in [-0.2, 0) is 18.3 Å². The second kappa shape index (κ2) is 8.30. The molecular weight excluding hydrogens is 457 g/mol. The van der Waals surface area contributed by atoms with Gasteiger partial charge in [0.15, 0.2) is 5.82 Å². The minimum atomic E-state index is -4.49. The van der Waals surface area contributed by atoms with Crippen molar-refractivity contribution in [2.45, 2.75) is 38.0 Å². The number of alkyl halides is 3. The van der Waals surface area contributed by atoms with Gasteiger partial charge in [0.1, 0.15) is 11.4 Å². The molecule has 7 nitrogen and oxygen atoms in total. The van der Waals surface area contributed by atoms with Crippen LogP contribution in [0.2, 0.25) is 0 Å². The van der Waals surface area contributed by atoms with Crippen LogP contribution in [0.1, 0.15) is 45.8 Å². The molecule has 0 radical (unpaired) electrons. The van der Waals surface area contributed by atoms with Crippen LogP contribution in [-0.4, -0.2) is 30.7 Å². The number of carbonyl (C=O) groups excluding carboxylic acids is 1. The van der Waals surface area contributed by atoms with Gasteiger partial charge in [-0.15, -0.1) is 0 Å². The van der Waals surface area contributed by atoms with Crippen molar-refractivity contribution in [3.63, 3.8) is 0 Å². The molecular formula is C25H21F3N6O. The average Bonchev–Trinajstić information content (AvgIpc) is 3.65. The molecule has 178 valence electrons. The highest BCUT2D eigenvalue weighted by atomic mass is 19.4. The van der Waals surface area contributed by atoms with Crippen LogP contribution >= 0.6 is 0 Å². The fraction of sp³-hybridized carbons (Fsp3) is 0.240. The third-order valence-corrected chi connectivity index (χ3v) is 6.23. The molecule has 1 amide bonds. The SMILES string of the molecule is Cc1cc2cc(C(=O)N(Cc3ccc(C(F)(F)F)cn3)C3(c4ncccn4)CC3)ccc2nc1N. The number of hydrogen-bond donors (Lipinski definition) is 1. The summed E-state index contributed by atoms with van der Waals surface area (Å²) in [4.78, 5) is 32.5. The van der Waals surface area contributed by atoms with Crippen LogP contribution in [0.5, 0.6) is 0 Å². The van der Waals surface area contributed by atoms with Gasteiger partial charge >= 0.3 is 6.18 Å². The lowest BCUT2D eigenvalue weighted by molar-refractivity contribution is -0.137. The second-order valence-electron chi connectivity index (χ2n) is 8.63. The minimum Gasteiger partial charge on any atom is -0.383 e. The van der Waals surface area contributed by atoms with Crippen LogP contribution in [0, 0.1) is 6.92 Å². The number of aryl methyl sites for hydroxylation is 1. The molecule has 5 rings (SSSR count). The van der Waals surface area contributed by atoms with Crippen molar-refractivity contribution in [1.82, 2.24) is 24.8 Å². The van der Waals surface area contributed by atoms with Gasteiger partial charge in [-0.05, 0) is 67.8 Å². The van der Waals surface area contributed by atoms with Gasteiger partial charge in [-0.1, -0.05) is 0 Å². The fourth-order valence-electron chi connectivity index (χ4n) is 4.12. The van der Waals surface area contributed by atoms with E-state index in [2.05, 4.69) is 19.9 Å². The Morgan fingerprint density at radius 3 is 2.46 bits per heavy atom. The molecule has 0 bridgehead atoms. The van der Waals surface area contributed by atoms with Crippen molar-refractivity contribution in [3.05, 3.63) is 89.3 Å². The number of carbonyl (C=O) groups is 1. The summed E-state index contributed by atoms with van der Waals surface area (Å²) in [5.74, 6) is 0.615. The van der Waals surface area contributed by atoms with Crippen LogP contribution in [0.4, 0.5) is 19.0 Å². The highest BCUT2D eigenvalue weighted by Crippen LogP contribution is 2.50. The number of aromatic nitrogens is 4. The lowest BCUT2D eigenvalue weighted by Gasteiger charge is -2.31. The van der Waals surface area contributed by atoms with E-state index < -0.39 is 17.3 Å². The molecule has 0 unspecified atom stereocenters. The van der Waals surface area contributed by atoms with Gasteiger partial charge in [0, 0.05) is 29.5 Å². The Balaban J connectivity index is 1.54. The van der Waals surface area contributed by atoms with Crippen LogP contribution < -0.4 is 5.73 Å². The molecule has 10 heteroatoms. The Hall–Kier alpha value is -4.08. The first-order valence-electron chi connectivity index (χ1n) is 11.0. The molecule has 0 spiro atoms. The zero-order valence-corrected chi connectivity index (χ0v) is 18.8. The van der Waals surface area contributed by atoms with Crippen molar-refractivity contribution < 1.29 is 18.0 Å². The van der Waals surface area contributed by atoms with Crippen LogP contribution in [0.15, 0.2) is 61.1 Å². The Morgan fingerprint density at radius 2 is 1.83 bits per heavy atom. The summed E-state index contributed by atoms with van der Waals surface area (Å²) in [5.41, 5.74) is 6.51. The number of pyridine rings is 2. The number of hydrogen-bond acceptors (Lipinski definition) is 6. The van der Waals surface area contributed by atoms with Gasteiger partial charge in [0.2, 0.25) is 0 Å². The Kier molecular flexibility index (Phi) is 5.38. The Labute approximate surface area is 198 Å². The summed E-state index contributed by atoms with van der Waals surface area (Å²) in [7, 11) is 0. The molecule has 0 aliphatic heterocycles. The van der Waals surface area contributed by atoms with E-state index in [1.807, 2.05) is 13.0 Å². The second-order valence-corrected chi connectivity index (χ2v) is 8.63. The Morgan fingerprint density at radius 1 is 1.09 bits per heavy atom. The third-order valence-electron chi connectivity index (χ3n) is 6.23. The summed E-state index contributed by atoms with van der Waals surface area (Å²) in [6.45, 7) is 1.84. The van der Waals surface area contributed by atoms with E-state index in [0.717, 1.165) is 23.2 Å². The highest BCUT2D eigenvalue weighted by Gasteiger charge is 2.54. The summed E-state index contributed by atoms with van der Waals surface area (Å²) < 4.78 is 39.0. The standard InChI is InChI=1S/C25H21F3N6O/c1-15-11-17-12-16(3-6-20(17)33-21(15)29)22(35)34(24(7-8-24)23-30-9-2-10-31-23)14-19-5-4-18(13-32-19)25(26,27)28/h2-6,9-13H,7-8,14H2,1H3,(H2,29,33). The van der Waals surface area contributed by atoms with Gasteiger partial charge in [-0.3, -0.25) is 9.78 Å². The van der Waals surface area contributed by atoms with Crippen molar-refractivity contribution in [2.24, 2.45) is 0 Å². The first kappa shape index (κ1) is 22.7. The molecule has 1 saturated carbocycles. The van der Waals surface area contributed by atoms with Crippen molar-refractivity contribution in [1.29, 1.82) is 0 Å². The molecule has 3 aromatic heterocycles. The quantitative estimate of drug-likeness (QED) is 0.448. The smallest absolute Gasteiger partial charge is 0.383 e. The zero-order valence-electron chi connectivity index (χ0n) is 18.8. The van der Waals surface area contributed by atoms with Crippen molar-refractivity contribution in [2.75, 3.05) is 5.73 Å². The van der Waals surface area contributed by atoms with E-state index in [9.17, 15) is 18.0 Å². The molecule has 4 aromatic rings. The zero-order chi connectivity index (χ0) is 24.8. The molecule has 2 N–H and O–H groups in total. The molecule has 0 saturated heterocycles. The Bertz CT molecular complexity index is 1400. The number of rotatable bonds is 5. The van der Waals surface area contributed by atoms with E-state index in [1.54, 1.807) is 41.6 Å². The molecule has 0 atom stereocenters. The van der Waals surface area contributed by atoms with E-state index >= 15 is 0 Å². The number of nitrogen functional groups attached to an aromatic ring is 1. The number of amides is 1. The predicted octanol–water partition coefficient (Wildman–Crippen LogP) is 4.66. The number of anilines is 1. The highest BCUT2D eigenvalue weighted by molar-refractivity contribution is 5.99. The summed E-state index contributed by atoms with van der Waals surface area (Å²) in [5, 5.41) is 0.760. The first-order valence-corrected chi connectivity index (χ1v) is 11.0. The van der Waals surface area contributed by atoms with E-state index in [0.29, 0.717) is 41.3 Å². The van der Waals surface area contributed by atoms with E-state index in [-0.39, 0.29) is 12.5 Å². The van der Waals surface area contributed by atoms with Crippen molar-refractivity contribution in [3.8, 4) is 0 Å². The van der Waals surface area contributed by atoms with Crippen LogP contribution in [0.25, 0.3) is 10.9 Å². The summed E-state index contributed by atoms with van der Waals surface area (Å²) in [6, 6.07) is 11.0. The number of nitrogens with two attached hydrogens (primary N) is 1. The normalized spacial score (nSPS) is 14.6. The average molecular weight is 478 g/mol. The molecule has 35 heavy (non-hydrogen) atoms. The predicted molar refractivity (Wildman–Crippen MR) is 123 cm³/mol. The van der Waals surface area contributed by atoms with Gasteiger partial charge in [-0.25, -0.2) is 15.0 Å². The van der Waals surface area contributed by atoms with Crippen molar-refractivity contribution >= 4 is 22.6 Å². The maximum absolute atomic E-state index is 13.8. The lowest BCUT2D eigenvalue weighted by Crippen LogP contribution is -2.41. The van der Waals surface area contributed by atoms with Gasteiger partial charge in [-0.2, -0.15) is 13.2 Å². The first-order chi connectivity index (χ1) is 16.7. The fourth-order valence-corrected chi connectivity index (χ4v) is 4.12. The molecule has 1 aliphatic rings. The molecule has 3 heterocycles. The summed E-state index contributed by atoms with van der Waals surface area (Å²) in [6.07, 6.45) is 0.775. The maximum Gasteiger partial charge on any atom is 0.417 e. The van der Waals surface area contributed by atoms with Gasteiger partial charge in [0.25, 0.3) is 5.91 Å². The van der Waals surface area contributed by atoms with Gasteiger partial charge in [0.05, 0.1) is 23.3 Å². The third kappa shape index (κ3) is 4.27. The molecule has 1 aromatic carbocycles. The number of halogens is 3. The van der Waals surface area contributed by atoms with E-state index in [4.69, 9.17) is 5.73 Å². The number of fused-ring (bicyclic) bond motifs is 1. The number of benzene rings is 1. The maximum atomic E-state index is 13.8. The van der Waals surface area contributed by atoms with E-state index in [1.165, 1.54) is 6.07 Å². The van der Waals surface area contributed by atoms with Crippen LogP contribution in [0.3, 0.4) is 0 Å². The monoisotopic (exact) mass is 478 g/mol. The molecule has 1 fully saturated rings. The topological polar surface area (TPSA) is 97.9 Å². The van der Waals surface area contributed by atoms with Gasteiger partial charge < -0.3 is 10.6 Å². The summed E-state index contributed by atoms with van der Waals surface area (Å²) >= 11 is 0.